The van der Waals surface area contributed by atoms with Crippen LogP contribution in [0.25, 0.3) is 0 Å². The van der Waals surface area contributed by atoms with Crippen LogP contribution in [0.4, 0.5) is 0 Å². The summed E-state index contributed by atoms with van der Waals surface area (Å²) in [4.78, 5) is 16.7. The van der Waals surface area contributed by atoms with Gasteiger partial charge in [-0.3, -0.25) is 9.69 Å². The van der Waals surface area contributed by atoms with Gasteiger partial charge in [0.2, 0.25) is 0 Å². The number of carbonyl (C=O) groups excluding carboxylic acids is 1. The predicted octanol–water partition coefficient (Wildman–Crippen LogP) is 0.994. The minimum Gasteiger partial charge on any atom is -0.489 e. The number of hydrogen-bond acceptors (Lipinski definition) is 5. The molecule has 2 rings (SSSR count). The zero-order valence-corrected chi connectivity index (χ0v) is 10.5. The van der Waals surface area contributed by atoms with Crippen LogP contribution in [-0.4, -0.2) is 55.1 Å². The van der Waals surface area contributed by atoms with Gasteiger partial charge in [-0.05, 0) is 18.7 Å². The van der Waals surface area contributed by atoms with Crippen molar-refractivity contribution in [2.45, 2.75) is 13.0 Å². The van der Waals surface area contributed by atoms with E-state index >= 15 is 0 Å². The van der Waals surface area contributed by atoms with E-state index in [4.69, 9.17) is 9.47 Å². The van der Waals surface area contributed by atoms with Gasteiger partial charge in [0.15, 0.2) is 6.29 Å². The molecule has 0 aliphatic carbocycles. The van der Waals surface area contributed by atoms with Gasteiger partial charge < -0.3 is 9.47 Å². The number of pyridine rings is 1. The molecular weight excluding hydrogens is 232 g/mol. The molecule has 1 atom stereocenters. The van der Waals surface area contributed by atoms with Gasteiger partial charge in [0.05, 0.1) is 12.8 Å². The first-order chi connectivity index (χ1) is 8.81. The largest absolute Gasteiger partial charge is 0.489 e. The fourth-order valence-electron chi connectivity index (χ4n) is 1.90. The van der Waals surface area contributed by atoms with E-state index in [1.807, 2.05) is 0 Å². The summed E-state index contributed by atoms with van der Waals surface area (Å²) in [6.07, 6.45) is 2.38. The van der Waals surface area contributed by atoms with Crippen LogP contribution in [-0.2, 0) is 4.74 Å². The fourth-order valence-corrected chi connectivity index (χ4v) is 1.90. The summed E-state index contributed by atoms with van der Waals surface area (Å²) < 4.78 is 11.2. The fraction of sp³-hybridized carbons (Fsp3) is 0.538. The number of likely N-dealkylation sites (N-methyl/N-ethyl adjacent to an activating group) is 1. The minimum absolute atomic E-state index is 0.101. The average Bonchev–Trinajstić information content (AvgIpc) is 2.46. The maximum atomic E-state index is 10.5. The number of nitrogens with zero attached hydrogens (tertiary/aromatic N) is 2. The Hall–Kier alpha value is -1.46. The maximum absolute atomic E-state index is 10.5. The van der Waals surface area contributed by atoms with Crippen LogP contribution < -0.4 is 4.74 Å². The minimum atomic E-state index is 0.101. The Morgan fingerprint density at radius 3 is 3.17 bits per heavy atom. The quantitative estimate of drug-likeness (QED) is 0.730. The average molecular weight is 250 g/mol. The molecule has 1 aromatic rings. The van der Waals surface area contributed by atoms with E-state index in [0.717, 1.165) is 26.2 Å². The lowest BCUT2D eigenvalue weighted by Gasteiger charge is -2.31. The molecule has 0 saturated carbocycles. The Kier molecular flexibility index (Phi) is 4.66. The number of morpholine rings is 1. The first-order valence-electron chi connectivity index (χ1n) is 6.20. The molecule has 0 spiro atoms. The standard InChI is InChI=1S/C13H18N2O3/c1-2-15-5-6-17-13(8-15)10-18-12-4-3-11(9-16)14-7-12/h3-4,7,9,13H,2,5-6,8,10H2,1H3. The lowest BCUT2D eigenvalue weighted by Crippen LogP contribution is -2.44. The molecule has 1 saturated heterocycles. The molecule has 0 bridgehead atoms. The van der Waals surface area contributed by atoms with E-state index in [9.17, 15) is 4.79 Å². The molecule has 5 nitrogen and oxygen atoms in total. The van der Waals surface area contributed by atoms with Crippen LogP contribution in [0.15, 0.2) is 18.3 Å². The number of rotatable bonds is 5. The Labute approximate surface area is 107 Å². The van der Waals surface area contributed by atoms with Crippen molar-refractivity contribution in [2.75, 3.05) is 32.8 Å². The smallest absolute Gasteiger partial charge is 0.168 e. The normalized spacial score (nSPS) is 20.6. The van der Waals surface area contributed by atoms with Crippen LogP contribution in [0.5, 0.6) is 5.75 Å². The van der Waals surface area contributed by atoms with Gasteiger partial charge in [-0.2, -0.15) is 0 Å². The molecule has 18 heavy (non-hydrogen) atoms. The van der Waals surface area contributed by atoms with E-state index in [0.29, 0.717) is 24.3 Å². The van der Waals surface area contributed by atoms with E-state index in [-0.39, 0.29) is 6.10 Å². The van der Waals surface area contributed by atoms with E-state index < -0.39 is 0 Å². The molecule has 98 valence electrons. The maximum Gasteiger partial charge on any atom is 0.168 e. The van der Waals surface area contributed by atoms with E-state index in [2.05, 4.69) is 16.8 Å². The molecule has 1 aromatic heterocycles. The van der Waals surface area contributed by atoms with Crippen molar-refractivity contribution in [2.24, 2.45) is 0 Å². The van der Waals surface area contributed by atoms with Gasteiger partial charge >= 0.3 is 0 Å². The van der Waals surface area contributed by atoms with Gasteiger partial charge in [0.1, 0.15) is 24.2 Å². The second-order valence-electron chi connectivity index (χ2n) is 4.23. The Morgan fingerprint density at radius 1 is 1.61 bits per heavy atom. The number of hydrogen-bond donors (Lipinski definition) is 0. The van der Waals surface area contributed by atoms with E-state index in [1.54, 1.807) is 18.3 Å². The molecule has 0 N–H and O–H groups in total. The summed E-state index contributed by atoms with van der Waals surface area (Å²) in [5.41, 5.74) is 0.411. The van der Waals surface area contributed by atoms with Crippen molar-refractivity contribution >= 4 is 6.29 Å². The molecule has 0 aromatic carbocycles. The Morgan fingerprint density at radius 2 is 2.50 bits per heavy atom. The SMILES string of the molecule is CCN1CCOC(COc2ccc(C=O)nc2)C1. The van der Waals surface area contributed by atoms with Crippen LogP contribution in [0.2, 0.25) is 0 Å². The molecule has 5 heteroatoms. The molecule has 1 aliphatic rings. The predicted molar refractivity (Wildman–Crippen MR) is 67.0 cm³/mol. The molecule has 2 heterocycles. The van der Waals surface area contributed by atoms with Gasteiger partial charge in [-0.1, -0.05) is 6.92 Å². The highest BCUT2D eigenvalue weighted by atomic mass is 16.5. The lowest BCUT2D eigenvalue weighted by molar-refractivity contribution is -0.0464. The summed E-state index contributed by atoms with van der Waals surface area (Å²) in [5, 5.41) is 0. The summed E-state index contributed by atoms with van der Waals surface area (Å²) in [7, 11) is 0. The van der Waals surface area contributed by atoms with Crippen LogP contribution in [0, 0.1) is 0 Å². The first kappa shape index (κ1) is 13.0. The third kappa shape index (κ3) is 3.51. The first-order valence-corrected chi connectivity index (χ1v) is 6.20. The summed E-state index contributed by atoms with van der Waals surface area (Å²) in [6.45, 7) is 6.34. The van der Waals surface area contributed by atoms with Gasteiger partial charge in [-0.25, -0.2) is 4.98 Å². The monoisotopic (exact) mass is 250 g/mol. The highest BCUT2D eigenvalue weighted by Gasteiger charge is 2.19. The molecule has 1 aliphatic heterocycles. The number of ether oxygens (including phenoxy) is 2. The highest BCUT2D eigenvalue weighted by molar-refractivity contribution is 5.71. The topological polar surface area (TPSA) is 51.7 Å². The van der Waals surface area contributed by atoms with Crippen molar-refractivity contribution in [3.05, 3.63) is 24.0 Å². The van der Waals surface area contributed by atoms with Gasteiger partial charge in [0, 0.05) is 13.1 Å². The van der Waals surface area contributed by atoms with Gasteiger partial charge in [0.25, 0.3) is 0 Å². The van der Waals surface area contributed by atoms with E-state index in [1.165, 1.54) is 0 Å². The molecule has 0 radical (unpaired) electrons. The molecule has 1 unspecified atom stereocenters. The van der Waals surface area contributed by atoms with Crippen LogP contribution >= 0.6 is 0 Å². The summed E-state index contributed by atoms with van der Waals surface area (Å²) >= 11 is 0. The molecular formula is C13H18N2O3. The zero-order chi connectivity index (χ0) is 12.8. The molecule has 1 fully saturated rings. The van der Waals surface area contributed by atoms with Crippen molar-refractivity contribution in [3.8, 4) is 5.75 Å². The molecule has 0 amide bonds. The lowest BCUT2D eigenvalue weighted by atomic mass is 10.3. The number of carbonyl (C=O) groups is 1. The van der Waals surface area contributed by atoms with Gasteiger partial charge in [-0.15, -0.1) is 0 Å². The van der Waals surface area contributed by atoms with Crippen LogP contribution in [0.3, 0.4) is 0 Å². The third-order valence-electron chi connectivity index (χ3n) is 2.99. The Bertz CT molecular complexity index is 380. The van der Waals surface area contributed by atoms with Crippen molar-refractivity contribution < 1.29 is 14.3 Å². The second-order valence-corrected chi connectivity index (χ2v) is 4.23. The second kappa shape index (κ2) is 6.47. The Balaban J connectivity index is 1.81. The van der Waals surface area contributed by atoms with Crippen molar-refractivity contribution in [3.63, 3.8) is 0 Å². The summed E-state index contributed by atoms with van der Waals surface area (Å²) in [6, 6.07) is 3.39. The van der Waals surface area contributed by atoms with Crippen molar-refractivity contribution in [1.82, 2.24) is 9.88 Å². The zero-order valence-electron chi connectivity index (χ0n) is 10.5. The highest BCUT2D eigenvalue weighted by Crippen LogP contribution is 2.11. The van der Waals surface area contributed by atoms with Crippen LogP contribution in [0.1, 0.15) is 17.4 Å². The number of aromatic nitrogens is 1. The third-order valence-corrected chi connectivity index (χ3v) is 2.99. The van der Waals surface area contributed by atoms with Crippen molar-refractivity contribution in [1.29, 1.82) is 0 Å². The number of aldehydes is 1. The summed E-state index contributed by atoms with van der Waals surface area (Å²) in [5.74, 6) is 0.665.